The Morgan fingerprint density at radius 1 is 0.623 bits per heavy atom. The van der Waals surface area contributed by atoms with Gasteiger partial charge in [-0.05, 0) is 0 Å². The van der Waals surface area contributed by atoms with Gasteiger partial charge < -0.3 is 0 Å². The molecule has 3 aliphatic rings. The normalized spacial score (nSPS) is 18.2. The summed E-state index contributed by atoms with van der Waals surface area (Å²) < 4.78 is 7.75. The summed E-state index contributed by atoms with van der Waals surface area (Å²) in [6.07, 6.45) is 4.82. The Balaban J connectivity index is 1.27. The van der Waals surface area contributed by atoms with Crippen molar-refractivity contribution in [3.05, 3.63) is 192 Å². The Bertz CT molecular complexity index is 2720. The number of hydrogen-bond donors (Lipinski definition) is 0. The molecular formula is C49H37GeN3. The molecule has 0 spiro atoms. The molecule has 4 heteroatoms. The summed E-state index contributed by atoms with van der Waals surface area (Å²) in [5, 5.41) is 1.29. The van der Waals surface area contributed by atoms with E-state index in [9.17, 15) is 0 Å². The Kier molecular flexibility index (Phi) is 6.60. The van der Waals surface area contributed by atoms with Crippen molar-refractivity contribution in [2.75, 3.05) is 0 Å². The van der Waals surface area contributed by atoms with Crippen LogP contribution in [0.3, 0.4) is 0 Å². The second-order valence-corrected chi connectivity index (χ2v) is 23.0. The average molecular weight is 740 g/mol. The zero-order valence-corrected chi connectivity index (χ0v) is 31.8. The van der Waals surface area contributed by atoms with Crippen molar-refractivity contribution < 1.29 is 0 Å². The van der Waals surface area contributed by atoms with Crippen molar-refractivity contribution in [3.8, 4) is 28.3 Å². The van der Waals surface area contributed by atoms with E-state index < -0.39 is 13.3 Å². The van der Waals surface area contributed by atoms with Gasteiger partial charge in [-0.25, -0.2) is 0 Å². The van der Waals surface area contributed by atoms with Gasteiger partial charge in [0.05, 0.1) is 0 Å². The van der Waals surface area contributed by atoms with Crippen LogP contribution in [0.5, 0.6) is 0 Å². The number of allylic oxidation sites excluding steroid dienone is 1. The molecular weight excluding hydrogens is 703 g/mol. The summed E-state index contributed by atoms with van der Waals surface area (Å²) in [6, 6.07) is 60.3. The summed E-state index contributed by atoms with van der Waals surface area (Å²) in [7, 11) is 0. The Morgan fingerprint density at radius 3 is 2.00 bits per heavy atom. The molecule has 252 valence electrons. The monoisotopic (exact) mass is 741 g/mol. The van der Waals surface area contributed by atoms with E-state index in [2.05, 4.69) is 194 Å². The minimum absolute atomic E-state index is 0.0452. The van der Waals surface area contributed by atoms with Crippen LogP contribution in [0, 0.1) is 0 Å². The van der Waals surface area contributed by atoms with E-state index in [1.54, 1.807) is 0 Å². The molecule has 0 amide bonds. The van der Waals surface area contributed by atoms with Crippen molar-refractivity contribution in [2.24, 2.45) is 0 Å². The first kappa shape index (κ1) is 30.8. The number of rotatable bonds is 4. The van der Waals surface area contributed by atoms with Crippen LogP contribution in [-0.4, -0.2) is 27.8 Å². The molecule has 0 saturated heterocycles. The van der Waals surface area contributed by atoms with Gasteiger partial charge in [-0.15, -0.1) is 0 Å². The molecule has 2 aromatic heterocycles. The first-order valence-corrected chi connectivity index (χ1v) is 22.9. The van der Waals surface area contributed by atoms with E-state index in [1.807, 2.05) is 0 Å². The second-order valence-electron chi connectivity index (χ2n) is 15.3. The molecule has 2 atom stereocenters. The zero-order valence-electron chi connectivity index (χ0n) is 29.7. The van der Waals surface area contributed by atoms with Crippen LogP contribution in [0.1, 0.15) is 48.1 Å². The third kappa shape index (κ3) is 4.11. The van der Waals surface area contributed by atoms with E-state index in [0.29, 0.717) is 11.8 Å². The van der Waals surface area contributed by atoms with Crippen LogP contribution < -0.4 is 17.7 Å². The topological polar surface area (TPSA) is 30.7 Å². The molecule has 53 heavy (non-hydrogen) atoms. The maximum atomic E-state index is 5.92. The fourth-order valence-electron chi connectivity index (χ4n) is 10.3. The van der Waals surface area contributed by atoms with Crippen LogP contribution in [0.4, 0.5) is 0 Å². The standard InChI is InChI=1S/C49H37GeN3/c1-49(2)39-27-15-12-24-35(39)36-30-31-42-43(45(36)49)38-26-14-17-29-41(38)53(42)48-51-46(32-18-6-3-7-19-32)44-37-25-13-16-28-40(37)50(47(44)52-48,33-20-8-4-9-21-33)34-22-10-5-11-23-34/h3-31,36,45H,1-2H3. The number of benzene rings is 6. The summed E-state index contributed by atoms with van der Waals surface area (Å²) in [5.41, 5.74) is 11.1. The van der Waals surface area contributed by atoms with Crippen molar-refractivity contribution in [3.63, 3.8) is 0 Å². The molecule has 11 rings (SSSR count). The van der Waals surface area contributed by atoms with E-state index >= 15 is 0 Å². The molecule has 2 aliphatic carbocycles. The maximum absolute atomic E-state index is 5.92. The molecule has 0 fully saturated rings. The third-order valence-corrected chi connectivity index (χ3v) is 22.3. The summed E-state index contributed by atoms with van der Waals surface area (Å²) in [5.74, 6) is 1.36. The molecule has 0 N–H and O–H groups in total. The molecule has 8 aromatic rings. The molecule has 1 aliphatic heterocycles. The van der Waals surface area contributed by atoms with E-state index in [1.165, 1.54) is 56.6 Å². The Morgan fingerprint density at radius 2 is 1.25 bits per heavy atom. The number of fused-ring (bicyclic) bond motifs is 10. The van der Waals surface area contributed by atoms with Crippen molar-refractivity contribution in [2.45, 2.75) is 31.1 Å². The Labute approximate surface area is 312 Å². The fourth-order valence-corrected chi connectivity index (χ4v) is 20.8. The van der Waals surface area contributed by atoms with Gasteiger partial charge in [-0.1, -0.05) is 0 Å². The summed E-state index contributed by atoms with van der Waals surface area (Å²) in [6.45, 7) is 4.87. The molecule has 3 heterocycles. The van der Waals surface area contributed by atoms with Crippen LogP contribution in [0.15, 0.2) is 170 Å². The second kappa shape index (κ2) is 11.4. The molecule has 3 nitrogen and oxygen atoms in total. The average Bonchev–Trinajstić information content (AvgIpc) is 3.80. The first-order valence-electron chi connectivity index (χ1n) is 18.7. The van der Waals surface area contributed by atoms with Crippen molar-refractivity contribution in [1.29, 1.82) is 0 Å². The van der Waals surface area contributed by atoms with Crippen LogP contribution in [0.2, 0.25) is 0 Å². The molecule has 0 saturated carbocycles. The van der Waals surface area contributed by atoms with E-state index in [0.717, 1.165) is 22.7 Å². The zero-order chi connectivity index (χ0) is 35.3. The number of aromatic nitrogens is 3. The van der Waals surface area contributed by atoms with Gasteiger partial charge >= 0.3 is 314 Å². The predicted molar refractivity (Wildman–Crippen MR) is 221 cm³/mol. The third-order valence-electron chi connectivity index (χ3n) is 12.4. The van der Waals surface area contributed by atoms with Crippen molar-refractivity contribution >= 4 is 48.0 Å². The molecule has 0 bridgehead atoms. The fraction of sp³-hybridized carbons (Fsp3) is 0.102. The van der Waals surface area contributed by atoms with E-state index in [4.69, 9.17) is 9.97 Å². The SMILES string of the molecule is CC1(C)c2ccccc2C2C=Cc3c(c4ccccc4n3-c3nc(-c4ccccc4)c4[c](n3)[Ge]([c]3ccccc3)([c]3ccccc3)[c]3ccccc3-4)C21. The van der Waals surface area contributed by atoms with Crippen molar-refractivity contribution in [1.82, 2.24) is 14.5 Å². The van der Waals surface area contributed by atoms with Gasteiger partial charge in [0.1, 0.15) is 0 Å². The first-order chi connectivity index (χ1) is 26.1. The predicted octanol–water partition coefficient (Wildman–Crippen LogP) is 8.63. The van der Waals surface area contributed by atoms with Gasteiger partial charge in [0.25, 0.3) is 0 Å². The quantitative estimate of drug-likeness (QED) is 0.169. The van der Waals surface area contributed by atoms with Gasteiger partial charge in [-0.2, -0.15) is 0 Å². The van der Waals surface area contributed by atoms with E-state index in [-0.39, 0.29) is 5.41 Å². The van der Waals surface area contributed by atoms with Crippen LogP contribution in [0.25, 0.3) is 45.3 Å². The van der Waals surface area contributed by atoms with Gasteiger partial charge in [0.15, 0.2) is 0 Å². The summed E-state index contributed by atoms with van der Waals surface area (Å²) in [4.78, 5) is 11.6. The molecule has 6 aromatic carbocycles. The van der Waals surface area contributed by atoms with Crippen LogP contribution in [-0.2, 0) is 5.41 Å². The number of para-hydroxylation sites is 1. The van der Waals surface area contributed by atoms with Gasteiger partial charge in [0, 0.05) is 0 Å². The van der Waals surface area contributed by atoms with Crippen LogP contribution >= 0.6 is 0 Å². The number of nitrogens with zero attached hydrogens (tertiary/aromatic N) is 3. The van der Waals surface area contributed by atoms with Gasteiger partial charge in [0.2, 0.25) is 0 Å². The molecule has 0 radical (unpaired) electrons. The summed E-state index contributed by atoms with van der Waals surface area (Å²) >= 11 is -3.69. The minimum atomic E-state index is -3.69. The Hall–Kier alpha value is -5.78. The van der Waals surface area contributed by atoms with Gasteiger partial charge in [-0.3, -0.25) is 0 Å². The number of hydrogen-bond acceptors (Lipinski definition) is 2. The molecule has 2 unspecified atom stereocenters.